The molecule has 6 heteroatoms. The van der Waals surface area contributed by atoms with Crippen molar-refractivity contribution in [2.45, 2.75) is 44.3 Å². The third-order valence-corrected chi connectivity index (χ3v) is 4.34. The zero-order valence-corrected chi connectivity index (χ0v) is 13.3. The molecule has 1 saturated heterocycles. The van der Waals surface area contributed by atoms with E-state index in [9.17, 15) is 18.0 Å². The van der Waals surface area contributed by atoms with Crippen LogP contribution in [-0.4, -0.2) is 37.0 Å². The lowest BCUT2D eigenvalue weighted by atomic mass is 10.0. The van der Waals surface area contributed by atoms with Crippen LogP contribution in [0.25, 0.3) is 0 Å². The SMILES string of the molecule is CN1CCCCC[C@H]1C(=O)NCCc1ccccc1C(F)(F)F. The molecule has 1 aromatic rings. The van der Waals surface area contributed by atoms with Gasteiger partial charge in [0.1, 0.15) is 0 Å². The number of likely N-dealkylation sites (N-methyl/N-ethyl adjacent to an activating group) is 1. The molecule has 0 saturated carbocycles. The average Bonchev–Trinajstić information content (AvgIpc) is 2.71. The van der Waals surface area contributed by atoms with Gasteiger partial charge in [0, 0.05) is 6.54 Å². The van der Waals surface area contributed by atoms with Gasteiger partial charge in [0.15, 0.2) is 0 Å². The van der Waals surface area contributed by atoms with Gasteiger partial charge < -0.3 is 5.32 Å². The van der Waals surface area contributed by atoms with Gasteiger partial charge >= 0.3 is 6.18 Å². The van der Waals surface area contributed by atoms with Crippen LogP contribution < -0.4 is 5.32 Å². The summed E-state index contributed by atoms with van der Waals surface area (Å²) < 4.78 is 38.8. The summed E-state index contributed by atoms with van der Waals surface area (Å²) in [5.41, 5.74) is -0.407. The maximum absolute atomic E-state index is 12.9. The molecule has 0 unspecified atom stereocenters. The highest BCUT2D eigenvalue weighted by molar-refractivity contribution is 5.81. The highest BCUT2D eigenvalue weighted by Crippen LogP contribution is 2.31. The lowest BCUT2D eigenvalue weighted by Crippen LogP contribution is -2.45. The van der Waals surface area contributed by atoms with Crippen molar-refractivity contribution >= 4 is 5.91 Å². The summed E-state index contributed by atoms with van der Waals surface area (Å²) in [6.45, 7) is 1.10. The normalized spacial score (nSPS) is 20.1. The molecule has 1 fully saturated rings. The van der Waals surface area contributed by atoms with Crippen molar-refractivity contribution in [1.29, 1.82) is 0 Å². The molecule has 0 radical (unpaired) electrons. The van der Waals surface area contributed by atoms with Gasteiger partial charge in [0.25, 0.3) is 0 Å². The molecule has 1 amide bonds. The number of nitrogens with zero attached hydrogens (tertiary/aromatic N) is 1. The van der Waals surface area contributed by atoms with Crippen LogP contribution >= 0.6 is 0 Å². The Labute approximate surface area is 134 Å². The second kappa shape index (κ2) is 7.81. The van der Waals surface area contributed by atoms with E-state index in [2.05, 4.69) is 5.32 Å². The Morgan fingerprint density at radius 1 is 1.26 bits per heavy atom. The van der Waals surface area contributed by atoms with Crippen molar-refractivity contribution in [3.8, 4) is 0 Å². The Balaban J connectivity index is 1.91. The number of carbonyl (C=O) groups is 1. The zero-order valence-electron chi connectivity index (χ0n) is 13.3. The van der Waals surface area contributed by atoms with Crippen LogP contribution in [-0.2, 0) is 17.4 Å². The molecule has 128 valence electrons. The third-order valence-electron chi connectivity index (χ3n) is 4.34. The summed E-state index contributed by atoms with van der Waals surface area (Å²) in [6.07, 6.45) is -0.160. The fourth-order valence-corrected chi connectivity index (χ4v) is 3.04. The largest absolute Gasteiger partial charge is 0.416 e. The number of nitrogens with one attached hydrogen (secondary N) is 1. The molecule has 1 aliphatic heterocycles. The van der Waals surface area contributed by atoms with Crippen molar-refractivity contribution < 1.29 is 18.0 Å². The van der Waals surface area contributed by atoms with Crippen LogP contribution in [0.5, 0.6) is 0 Å². The molecule has 23 heavy (non-hydrogen) atoms. The van der Waals surface area contributed by atoms with Crippen molar-refractivity contribution in [1.82, 2.24) is 10.2 Å². The number of amides is 1. The number of alkyl halides is 3. The highest BCUT2D eigenvalue weighted by Gasteiger charge is 2.32. The molecule has 0 aromatic heterocycles. The number of carbonyl (C=O) groups excluding carboxylic acids is 1. The van der Waals surface area contributed by atoms with E-state index >= 15 is 0 Å². The number of hydrogen-bond donors (Lipinski definition) is 1. The van der Waals surface area contributed by atoms with Crippen molar-refractivity contribution in [2.24, 2.45) is 0 Å². The van der Waals surface area contributed by atoms with Crippen LogP contribution in [0.15, 0.2) is 24.3 Å². The van der Waals surface area contributed by atoms with Gasteiger partial charge in [-0.25, -0.2) is 0 Å². The molecular formula is C17H23F3N2O. The van der Waals surface area contributed by atoms with Crippen molar-refractivity contribution in [3.63, 3.8) is 0 Å². The molecule has 1 heterocycles. The van der Waals surface area contributed by atoms with E-state index in [1.54, 1.807) is 6.07 Å². The number of likely N-dealkylation sites (tertiary alicyclic amines) is 1. The molecule has 1 atom stereocenters. The lowest BCUT2D eigenvalue weighted by Gasteiger charge is -2.24. The first-order valence-electron chi connectivity index (χ1n) is 8.02. The Bertz CT molecular complexity index is 531. The van der Waals surface area contributed by atoms with Gasteiger partial charge in [0.05, 0.1) is 11.6 Å². The van der Waals surface area contributed by atoms with Gasteiger partial charge in [-0.1, -0.05) is 31.0 Å². The van der Waals surface area contributed by atoms with Crippen LogP contribution in [0, 0.1) is 0 Å². The van der Waals surface area contributed by atoms with Crippen molar-refractivity contribution in [3.05, 3.63) is 35.4 Å². The second-order valence-corrected chi connectivity index (χ2v) is 6.04. The topological polar surface area (TPSA) is 32.3 Å². The molecule has 0 aliphatic carbocycles. The molecule has 0 spiro atoms. The first-order chi connectivity index (χ1) is 10.9. The summed E-state index contributed by atoms with van der Waals surface area (Å²) in [7, 11) is 1.93. The van der Waals surface area contributed by atoms with E-state index < -0.39 is 11.7 Å². The van der Waals surface area contributed by atoms with Crippen LogP contribution in [0.2, 0.25) is 0 Å². The Kier molecular flexibility index (Phi) is 6.04. The summed E-state index contributed by atoms with van der Waals surface area (Å²) in [5.74, 6) is -0.0844. The smallest absolute Gasteiger partial charge is 0.354 e. The Morgan fingerprint density at radius 2 is 2.00 bits per heavy atom. The average molecular weight is 328 g/mol. The van der Waals surface area contributed by atoms with Gasteiger partial charge in [-0.15, -0.1) is 0 Å². The van der Waals surface area contributed by atoms with Crippen molar-refractivity contribution in [2.75, 3.05) is 20.1 Å². The minimum atomic E-state index is -4.36. The van der Waals surface area contributed by atoms with Gasteiger partial charge in [-0.3, -0.25) is 9.69 Å². The zero-order chi connectivity index (χ0) is 16.9. The highest BCUT2D eigenvalue weighted by atomic mass is 19.4. The van der Waals surface area contributed by atoms with E-state index in [0.717, 1.165) is 38.3 Å². The molecule has 1 aliphatic rings. The van der Waals surface area contributed by atoms with E-state index in [1.807, 2.05) is 11.9 Å². The van der Waals surface area contributed by atoms with Crippen LogP contribution in [0.4, 0.5) is 13.2 Å². The van der Waals surface area contributed by atoms with Crippen LogP contribution in [0.1, 0.15) is 36.8 Å². The molecule has 2 rings (SSSR count). The Morgan fingerprint density at radius 3 is 2.74 bits per heavy atom. The quantitative estimate of drug-likeness (QED) is 0.920. The third kappa shape index (κ3) is 4.96. The van der Waals surface area contributed by atoms with Gasteiger partial charge in [-0.2, -0.15) is 13.2 Å². The Hall–Kier alpha value is -1.56. The van der Waals surface area contributed by atoms with Gasteiger partial charge in [0.2, 0.25) is 5.91 Å². The first kappa shape index (κ1) is 17.8. The summed E-state index contributed by atoms with van der Waals surface area (Å²) in [6, 6.07) is 5.34. The fourth-order valence-electron chi connectivity index (χ4n) is 3.04. The number of hydrogen-bond acceptors (Lipinski definition) is 2. The molecule has 1 N–H and O–H groups in total. The number of rotatable bonds is 4. The molecule has 3 nitrogen and oxygen atoms in total. The van der Waals surface area contributed by atoms with Crippen LogP contribution in [0.3, 0.4) is 0 Å². The lowest BCUT2D eigenvalue weighted by molar-refractivity contribution is -0.138. The molecule has 0 bridgehead atoms. The number of halogens is 3. The maximum Gasteiger partial charge on any atom is 0.416 e. The minimum Gasteiger partial charge on any atom is -0.354 e. The minimum absolute atomic E-state index is 0.0844. The molecule has 1 aromatic carbocycles. The van der Waals surface area contributed by atoms with E-state index in [0.29, 0.717) is 0 Å². The van der Waals surface area contributed by atoms with E-state index in [4.69, 9.17) is 0 Å². The summed E-state index contributed by atoms with van der Waals surface area (Å²) >= 11 is 0. The van der Waals surface area contributed by atoms with E-state index in [1.165, 1.54) is 12.1 Å². The monoisotopic (exact) mass is 328 g/mol. The first-order valence-corrected chi connectivity index (χ1v) is 8.02. The summed E-state index contributed by atoms with van der Waals surface area (Å²) in [4.78, 5) is 14.3. The molecular weight excluding hydrogens is 305 g/mol. The standard InChI is InChI=1S/C17H23F3N2O/c1-22-12-6-2-3-9-15(22)16(23)21-11-10-13-7-4-5-8-14(13)17(18,19)20/h4-5,7-8,15H,2-3,6,9-12H2,1H3,(H,21,23)/t15-/m0/s1. The predicted molar refractivity (Wildman–Crippen MR) is 83.0 cm³/mol. The number of benzene rings is 1. The maximum atomic E-state index is 12.9. The summed E-state index contributed by atoms with van der Waals surface area (Å²) in [5, 5.41) is 2.79. The second-order valence-electron chi connectivity index (χ2n) is 6.04. The van der Waals surface area contributed by atoms with Gasteiger partial charge in [-0.05, 0) is 44.5 Å². The fraction of sp³-hybridized carbons (Fsp3) is 0.588. The van der Waals surface area contributed by atoms with E-state index in [-0.39, 0.29) is 30.5 Å². The predicted octanol–water partition coefficient (Wildman–Crippen LogP) is 3.24.